The highest BCUT2D eigenvalue weighted by Crippen LogP contribution is 2.29. The first-order valence-corrected chi connectivity index (χ1v) is 9.46. The standard InChI is InChI=1S/C22H31NO2/c1-3-5-6-10-15-23-17-20-13-14-21(22(16-20)24-4-2)25-18-19-11-8-7-9-12-19/h7-9,11-14,16,23H,3-6,10,15,17-18H2,1-2H3. The molecule has 0 fully saturated rings. The summed E-state index contributed by atoms with van der Waals surface area (Å²) in [5.41, 5.74) is 2.38. The lowest BCUT2D eigenvalue weighted by atomic mass is 10.2. The Morgan fingerprint density at radius 3 is 2.40 bits per heavy atom. The van der Waals surface area contributed by atoms with Crippen molar-refractivity contribution in [2.75, 3.05) is 13.2 Å². The minimum atomic E-state index is 0.552. The number of unbranched alkanes of at least 4 members (excludes halogenated alkanes) is 3. The molecule has 0 saturated heterocycles. The Labute approximate surface area is 152 Å². The summed E-state index contributed by atoms with van der Waals surface area (Å²) in [7, 11) is 0. The highest BCUT2D eigenvalue weighted by molar-refractivity contribution is 5.43. The Bertz CT molecular complexity index is 598. The number of ether oxygens (including phenoxy) is 2. The Morgan fingerprint density at radius 1 is 0.800 bits per heavy atom. The Morgan fingerprint density at radius 2 is 1.64 bits per heavy atom. The Hall–Kier alpha value is -2.00. The molecule has 25 heavy (non-hydrogen) atoms. The molecule has 0 aliphatic rings. The van der Waals surface area contributed by atoms with Crippen LogP contribution in [-0.4, -0.2) is 13.2 Å². The summed E-state index contributed by atoms with van der Waals surface area (Å²) in [6.07, 6.45) is 5.15. The number of rotatable bonds is 12. The van der Waals surface area contributed by atoms with E-state index >= 15 is 0 Å². The third kappa shape index (κ3) is 7.18. The van der Waals surface area contributed by atoms with Crippen LogP contribution in [0.4, 0.5) is 0 Å². The molecular weight excluding hydrogens is 310 g/mol. The van der Waals surface area contributed by atoms with Gasteiger partial charge in [0.1, 0.15) is 6.61 Å². The molecule has 0 bridgehead atoms. The van der Waals surface area contributed by atoms with Gasteiger partial charge < -0.3 is 14.8 Å². The van der Waals surface area contributed by atoms with Crippen molar-refractivity contribution >= 4 is 0 Å². The van der Waals surface area contributed by atoms with Crippen molar-refractivity contribution in [2.45, 2.75) is 52.7 Å². The van der Waals surface area contributed by atoms with E-state index in [-0.39, 0.29) is 0 Å². The lowest BCUT2D eigenvalue weighted by Gasteiger charge is -2.14. The molecule has 2 aromatic rings. The van der Waals surface area contributed by atoms with Crippen LogP contribution >= 0.6 is 0 Å². The monoisotopic (exact) mass is 341 g/mol. The topological polar surface area (TPSA) is 30.5 Å². The fourth-order valence-electron chi connectivity index (χ4n) is 2.69. The first-order chi connectivity index (χ1) is 12.3. The van der Waals surface area contributed by atoms with Gasteiger partial charge in [0.2, 0.25) is 0 Å². The van der Waals surface area contributed by atoms with Crippen LogP contribution in [0.1, 0.15) is 50.7 Å². The maximum atomic E-state index is 5.96. The summed E-state index contributed by atoms with van der Waals surface area (Å²) in [6, 6.07) is 16.4. The van der Waals surface area contributed by atoms with E-state index in [0.717, 1.165) is 30.2 Å². The van der Waals surface area contributed by atoms with Crippen LogP contribution in [0.5, 0.6) is 11.5 Å². The number of benzene rings is 2. The zero-order chi connectivity index (χ0) is 17.7. The van der Waals surface area contributed by atoms with Crippen molar-refractivity contribution in [1.82, 2.24) is 5.32 Å². The second-order valence-electron chi connectivity index (χ2n) is 6.23. The van der Waals surface area contributed by atoms with Crippen molar-refractivity contribution in [2.24, 2.45) is 0 Å². The SMILES string of the molecule is CCCCCCNCc1ccc(OCc2ccccc2)c(OCC)c1. The van der Waals surface area contributed by atoms with Crippen molar-refractivity contribution < 1.29 is 9.47 Å². The van der Waals surface area contributed by atoms with Crippen molar-refractivity contribution in [3.63, 3.8) is 0 Å². The number of nitrogens with one attached hydrogen (secondary N) is 1. The number of hydrogen-bond acceptors (Lipinski definition) is 3. The molecule has 0 radical (unpaired) electrons. The van der Waals surface area contributed by atoms with Gasteiger partial charge in [0.25, 0.3) is 0 Å². The molecule has 0 atom stereocenters. The van der Waals surface area contributed by atoms with E-state index < -0.39 is 0 Å². The second kappa shape index (κ2) is 11.5. The van der Waals surface area contributed by atoms with E-state index in [1.807, 2.05) is 31.2 Å². The van der Waals surface area contributed by atoms with Gasteiger partial charge in [-0.2, -0.15) is 0 Å². The molecule has 0 heterocycles. The Kier molecular flexibility index (Phi) is 8.92. The molecule has 0 saturated carbocycles. The van der Waals surface area contributed by atoms with Gasteiger partial charge in [0.15, 0.2) is 11.5 Å². The highest BCUT2D eigenvalue weighted by atomic mass is 16.5. The summed E-state index contributed by atoms with van der Waals surface area (Å²) < 4.78 is 11.7. The van der Waals surface area contributed by atoms with Gasteiger partial charge >= 0.3 is 0 Å². The summed E-state index contributed by atoms with van der Waals surface area (Å²) >= 11 is 0. The van der Waals surface area contributed by atoms with Crippen LogP contribution in [-0.2, 0) is 13.2 Å². The van der Waals surface area contributed by atoms with Crippen LogP contribution in [0.2, 0.25) is 0 Å². The van der Waals surface area contributed by atoms with Gasteiger partial charge in [-0.1, -0.05) is 62.6 Å². The lowest BCUT2D eigenvalue weighted by Crippen LogP contribution is -2.14. The molecule has 0 aliphatic carbocycles. The lowest BCUT2D eigenvalue weighted by molar-refractivity contribution is 0.269. The summed E-state index contributed by atoms with van der Waals surface area (Å²) in [5, 5.41) is 3.51. The van der Waals surface area contributed by atoms with E-state index in [1.54, 1.807) is 0 Å². The van der Waals surface area contributed by atoms with Gasteiger partial charge in [-0.3, -0.25) is 0 Å². The molecule has 3 heteroatoms. The summed E-state index contributed by atoms with van der Waals surface area (Å²) in [6.45, 7) is 7.36. The third-order valence-electron chi connectivity index (χ3n) is 4.08. The molecule has 0 spiro atoms. The van der Waals surface area contributed by atoms with E-state index in [1.165, 1.54) is 31.2 Å². The highest BCUT2D eigenvalue weighted by Gasteiger charge is 2.07. The predicted octanol–water partition coefficient (Wildman–Crippen LogP) is 5.33. The quantitative estimate of drug-likeness (QED) is 0.529. The van der Waals surface area contributed by atoms with Gasteiger partial charge in [-0.15, -0.1) is 0 Å². The second-order valence-corrected chi connectivity index (χ2v) is 6.23. The molecule has 3 nitrogen and oxygen atoms in total. The average molecular weight is 341 g/mol. The van der Waals surface area contributed by atoms with Crippen molar-refractivity contribution in [1.29, 1.82) is 0 Å². The number of hydrogen-bond donors (Lipinski definition) is 1. The van der Waals surface area contributed by atoms with Gasteiger partial charge in [-0.05, 0) is 43.1 Å². The molecule has 2 rings (SSSR count). The minimum absolute atomic E-state index is 0.552. The van der Waals surface area contributed by atoms with Crippen molar-refractivity contribution in [3.8, 4) is 11.5 Å². The van der Waals surface area contributed by atoms with E-state index in [0.29, 0.717) is 13.2 Å². The normalized spacial score (nSPS) is 10.6. The molecule has 136 valence electrons. The molecule has 0 unspecified atom stereocenters. The van der Waals surface area contributed by atoms with Crippen LogP contribution in [0.3, 0.4) is 0 Å². The first-order valence-electron chi connectivity index (χ1n) is 9.46. The molecule has 0 amide bonds. The largest absolute Gasteiger partial charge is 0.490 e. The third-order valence-corrected chi connectivity index (χ3v) is 4.08. The predicted molar refractivity (Wildman–Crippen MR) is 104 cm³/mol. The van der Waals surface area contributed by atoms with E-state index in [9.17, 15) is 0 Å². The first kappa shape index (κ1) is 19.3. The zero-order valence-corrected chi connectivity index (χ0v) is 15.6. The molecule has 1 N–H and O–H groups in total. The maximum Gasteiger partial charge on any atom is 0.161 e. The molecule has 0 aliphatic heterocycles. The van der Waals surface area contributed by atoms with Gasteiger partial charge in [0.05, 0.1) is 6.61 Å². The van der Waals surface area contributed by atoms with E-state index in [4.69, 9.17) is 9.47 Å². The van der Waals surface area contributed by atoms with E-state index in [2.05, 4.69) is 36.5 Å². The molecular formula is C22H31NO2. The van der Waals surface area contributed by atoms with Crippen molar-refractivity contribution in [3.05, 3.63) is 59.7 Å². The fraction of sp³-hybridized carbons (Fsp3) is 0.455. The smallest absolute Gasteiger partial charge is 0.161 e. The van der Waals surface area contributed by atoms with Gasteiger partial charge in [0, 0.05) is 6.54 Å². The van der Waals surface area contributed by atoms with Crippen LogP contribution in [0, 0.1) is 0 Å². The average Bonchev–Trinajstić information content (AvgIpc) is 2.65. The maximum absolute atomic E-state index is 5.96. The Balaban J connectivity index is 1.87. The zero-order valence-electron chi connectivity index (χ0n) is 15.6. The summed E-state index contributed by atoms with van der Waals surface area (Å²) in [4.78, 5) is 0. The molecule has 2 aromatic carbocycles. The molecule has 0 aromatic heterocycles. The van der Waals surface area contributed by atoms with Crippen LogP contribution in [0.25, 0.3) is 0 Å². The van der Waals surface area contributed by atoms with Crippen LogP contribution < -0.4 is 14.8 Å². The van der Waals surface area contributed by atoms with Gasteiger partial charge in [-0.25, -0.2) is 0 Å². The summed E-state index contributed by atoms with van der Waals surface area (Å²) in [5.74, 6) is 1.63. The van der Waals surface area contributed by atoms with Crippen LogP contribution in [0.15, 0.2) is 48.5 Å². The fourth-order valence-corrected chi connectivity index (χ4v) is 2.69. The minimum Gasteiger partial charge on any atom is -0.490 e.